The van der Waals surface area contributed by atoms with E-state index in [-0.39, 0.29) is 0 Å². The minimum atomic E-state index is -1.21. The zero-order chi connectivity index (χ0) is 13.9. The summed E-state index contributed by atoms with van der Waals surface area (Å²) in [6.45, 7) is 1.95. The van der Waals surface area contributed by atoms with Crippen molar-refractivity contribution in [2.75, 3.05) is 6.61 Å². The molecule has 0 radical (unpaired) electrons. The molecule has 0 aromatic carbocycles. The van der Waals surface area contributed by atoms with Crippen LogP contribution in [0.1, 0.15) is 13.8 Å². The summed E-state index contributed by atoms with van der Waals surface area (Å²) in [5.74, 6) is -1.15. The van der Waals surface area contributed by atoms with Crippen LogP contribution >= 0.6 is 22.6 Å². The van der Waals surface area contributed by atoms with Crippen LogP contribution in [0.5, 0.6) is 0 Å². The van der Waals surface area contributed by atoms with Crippen LogP contribution in [0.4, 0.5) is 0 Å². The summed E-state index contributed by atoms with van der Waals surface area (Å²) in [5.41, 5.74) is 0. The van der Waals surface area contributed by atoms with Gasteiger partial charge in [-0.25, -0.2) is 0 Å². The summed E-state index contributed by atoms with van der Waals surface area (Å²) in [6, 6.07) is 0. The number of halogens is 1. The average molecular weight is 374 g/mol. The van der Waals surface area contributed by atoms with Crippen molar-refractivity contribution in [2.24, 2.45) is 0 Å². The third kappa shape index (κ3) is 3.77. The number of aliphatic hydroxyl groups is 2. The van der Waals surface area contributed by atoms with Gasteiger partial charge in [-0.3, -0.25) is 9.59 Å². The van der Waals surface area contributed by atoms with Crippen LogP contribution in [0.3, 0.4) is 0 Å². The molecule has 18 heavy (non-hydrogen) atoms. The van der Waals surface area contributed by atoms with Crippen molar-refractivity contribution in [3.63, 3.8) is 0 Å². The molecule has 1 aliphatic rings. The highest BCUT2D eigenvalue weighted by atomic mass is 127. The van der Waals surface area contributed by atoms with Crippen molar-refractivity contribution in [2.45, 2.75) is 42.4 Å². The molecule has 1 fully saturated rings. The first-order chi connectivity index (χ1) is 8.36. The van der Waals surface area contributed by atoms with E-state index in [0.29, 0.717) is 0 Å². The maximum absolute atomic E-state index is 11.0. The molecule has 0 bridgehead atoms. The van der Waals surface area contributed by atoms with Gasteiger partial charge in [0.05, 0.1) is 6.61 Å². The number of carbonyl (C=O) groups excluding carboxylic acids is 2. The average Bonchev–Trinajstić information content (AvgIpc) is 2.27. The topological polar surface area (TPSA) is 102 Å². The van der Waals surface area contributed by atoms with E-state index in [1.54, 1.807) is 0 Å². The van der Waals surface area contributed by atoms with Gasteiger partial charge < -0.3 is 24.4 Å². The summed E-state index contributed by atoms with van der Waals surface area (Å²) in [7, 11) is 0. The Morgan fingerprint density at radius 1 is 1.22 bits per heavy atom. The minimum absolute atomic E-state index is 0.462. The van der Waals surface area contributed by atoms with E-state index in [1.807, 2.05) is 22.6 Å². The van der Waals surface area contributed by atoms with Crippen LogP contribution in [0.15, 0.2) is 0 Å². The molecule has 1 aliphatic heterocycles. The highest BCUT2D eigenvalue weighted by Crippen LogP contribution is 2.30. The number of carbonyl (C=O) groups is 2. The number of rotatable bonds is 3. The van der Waals surface area contributed by atoms with Gasteiger partial charge in [-0.2, -0.15) is 0 Å². The Hall–Kier alpha value is -0.450. The van der Waals surface area contributed by atoms with E-state index < -0.39 is 47.1 Å². The number of ether oxygens (including phenoxy) is 3. The highest BCUT2D eigenvalue weighted by Gasteiger charge is 2.48. The van der Waals surface area contributed by atoms with Crippen molar-refractivity contribution in [1.29, 1.82) is 0 Å². The van der Waals surface area contributed by atoms with Crippen LogP contribution in [0.2, 0.25) is 0 Å². The van der Waals surface area contributed by atoms with Crippen LogP contribution in [-0.2, 0) is 23.8 Å². The molecule has 0 amide bonds. The van der Waals surface area contributed by atoms with Crippen LogP contribution in [0, 0.1) is 0 Å². The number of hydrogen-bond acceptors (Lipinski definition) is 7. The van der Waals surface area contributed by atoms with Gasteiger partial charge in [0.2, 0.25) is 0 Å². The molecule has 0 aromatic heterocycles. The van der Waals surface area contributed by atoms with Gasteiger partial charge in [-0.15, -0.1) is 0 Å². The highest BCUT2D eigenvalue weighted by molar-refractivity contribution is 14.1. The van der Waals surface area contributed by atoms with Crippen molar-refractivity contribution >= 4 is 34.5 Å². The minimum Gasteiger partial charge on any atom is -0.457 e. The predicted octanol–water partition coefficient (Wildman–Crippen LogP) is -0.637. The van der Waals surface area contributed by atoms with Gasteiger partial charge in [0.25, 0.3) is 0 Å². The van der Waals surface area contributed by atoms with E-state index in [0.717, 1.165) is 0 Å². The SMILES string of the molecule is CC(=O)O[C@H]1[C@@H](I)[C@@H](O)O[C@@H](CO)[C@H]1OC(C)=O. The Balaban J connectivity index is 2.92. The lowest BCUT2D eigenvalue weighted by Crippen LogP contribution is -2.59. The van der Waals surface area contributed by atoms with Gasteiger partial charge in [0, 0.05) is 13.8 Å². The molecule has 7 nitrogen and oxygen atoms in total. The van der Waals surface area contributed by atoms with Crippen molar-refractivity contribution < 1.29 is 34.0 Å². The fourth-order valence-corrected chi connectivity index (χ4v) is 2.42. The molecule has 2 N–H and O–H groups in total. The second kappa shape index (κ2) is 6.64. The van der Waals surface area contributed by atoms with E-state index in [4.69, 9.17) is 19.3 Å². The lowest BCUT2D eigenvalue weighted by Gasteiger charge is -2.41. The fraction of sp³-hybridized carbons (Fsp3) is 0.800. The Kier molecular flexibility index (Phi) is 5.76. The van der Waals surface area contributed by atoms with E-state index in [1.165, 1.54) is 13.8 Å². The van der Waals surface area contributed by atoms with E-state index >= 15 is 0 Å². The van der Waals surface area contributed by atoms with Crippen molar-refractivity contribution in [3.05, 3.63) is 0 Å². The Labute approximate surface area is 118 Å². The molecule has 1 rings (SSSR count). The van der Waals surface area contributed by atoms with Gasteiger partial charge >= 0.3 is 11.9 Å². The fourth-order valence-electron chi connectivity index (χ4n) is 1.69. The molecule has 0 saturated carbocycles. The predicted molar refractivity (Wildman–Crippen MR) is 66.9 cm³/mol. The van der Waals surface area contributed by atoms with E-state index in [9.17, 15) is 14.7 Å². The first kappa shape index (κ1) is 15.6. The summed E-state index contributed by atoms with van der Waals surface area (Å²) >= 11 is 1.84. The van der Waals surface area contributed by atoms with Gasteiger partial charge in [-0.05, 0) is 0 Å². The van der Waals surface area contributed by atoms with Crippen LogP contribution in [-0.4, -0.2) is 57.3 Å². The smallest absolute Gasteiger partial charge is 0.303 e. The summed E-state index contributed by atoms with van der Waals surface area (Å²) < 4.78 is 14.6. The second-order valence-electron chi connectivity index (χ2n) is 3.84. The normalized spacial score (nSPS) is 35.9. The summed E-state index contributed by atoms with van der Waals surface area (Å²) in [5, 5.41) is 18.8. The van der Waals surface area contributed by atoms with Crippen molar-refractivity contribution in [3.8, 4) is 0 Å². The molecule has 8 heteroatoms. The van der Waals surface area contributed by atoms with Crippen LogP contribution in [0.25, 0.3) is 0 Å². The largest absolute Gasteiger partial charge is 0.457 e. The van der Waals surface area contributed by atoms with Gasteiger partial charge in [0.15, 0.2) is 18.5 Å². The molecule has 0 spiro atoms. The Bertz CT molecular complexity index is 305. The molecule has 0 aliphatic carbocycles. The third-order valence-corrected chi connectivity index (χ3v) is 3.70. The maximum atomic E-state index is 11.0. The Morgan fingerprint density at radius 3 is 2.17 bits per heavy atom. The number of hydrogen-bond donors (Lipinski definition) is 2. The number of aliphatic hydroxyl groups excluding tert-OH is 2. The quantitative estimate of drug-likeness (QED) is 0.385. The third-order valence-electron chi connectivity index (χ3n) is 2.37. The molecular weight excluding hydrogens is 359 g/mol. The standard InChI is InChI=1S/C10H15IO7/c1-4(13)16-8-6(3-12)18-10(15)7(11)9(8)17-5(2)14/h6-10,12,15H,3H2,1-2H3/t6-,7+,8+,9-,10-/m0/s1. The molecule has 1 heterocycles. The first-order valence-electron chi connectivity index (χ1n) is 5.29. The first-order valence-corrected chi connectivity index (χ1v) is 6.54. The summed E-state index contributed by atoms with van der Waals surface area (Å²) in [4.78, 5) is 22.1. The molecule has 0 unspecified atom stereocenters. The summed E-state index contributed by atoms with van der Waals surface area (Å²) in [6.07, 6.45) is -3.95. The van der Waals surface area contributed by atoms with Gasteiger partial charge in [0.1, 0.15) is 10.0 Å². The lowest BCUT2D eigenvalue weighted by molar-refractivity contribution is -0.245. The zero-order valence-corrected chi connectivity index (χ0v) is 12.1. The van der Waals surface area contributed by atoms with Crippen LogP contribution < -0.4 is 0 Å². The Morgan fingerprint density at radius 2 is 1.72 bits per heavy atom. The zero-order valence-electron chi connectivity index (χ0n) is 9.91. The second-order valence-corrected chi connectivity index (χ2v) is 5.28. The molecule has 0 aromatic rings. The molecular formula is C10H15IO7. The van der Waals surface area contributed by atoms with E-state index in [2.05, 4.69) is 0 Å². The monoisotopic (exact) mass is 374 g/mol. The van der Waals surface area contributed by atoms with Crippen molar-refractivity contribution in [1.82, 2.24) is 0 Å². The molecule has 104 valence electrons. The molecule has 1 saturated heterocycles. The number of esters is 2. The molecule has 5 atom stereocenters. The van der Waals surface area contributed by atoms with Gasteiger partial charge in [-0.1, -0.05) is 22.6 Å². The maximum Gasteiger partial charge on any atom is 0.303 e. The number of alkyl halides is 1. The lowest BCUT2D eigenvalue weighted by atomic mass is 10.0.